The molecule has 1 aromatic carbocycles. The van der Waals surface area contributed by atoms with Crippen molar-refractivity contribution in [1.82, 2.24) is 20.4 Å². The molecule has 0 aromatic heterocycles. The molecule has 2 N–H and O–H groups in total. The quantitative estimate of drug-likeness (QED) is 0.343. The first-order valence-electron chi connectivity index (χ1n) is 10.8. The van der Waals surface area contributed by atoms with Crippen molar-refractivity contribution in [2.24, 2.45) is 5.92 Å². The summed E-state index contributed by atoms with van der Waals surface area (Å²) in [7, 11) is 0. The van der Waals surface area contributed by atoms with Crippen LogP contribution < -0.4 is 10.6 Å². The van der Waals surface area contributed by atoms with E-state index in [1.165, 1.54) is 4.90 Å². The molecule has 2 saturated heterocycles. The Bertz CT molecular complexity index is 942. The molecule has 1 aromatic rings. The van der Waals surface area contributed by atoms with Gasteiger partial charge in [-0.3, -0.25) is 24.0 Å². The van der Waals surface area contributed by atoms with Crippen molar-refractivity contribution in [3.8, 4) is 0 Å². The molecule has 1 unspecified atom stereocenters. The van der Waals surface area contributed by atoms with Crippen LogP contribution in [0.5, 0.6) is 0 Å². The molecule has 10 heteroatoms. The smallest absolute Gasteiger partial charge is 0.310 e. The monoisotopic (exact) mass is 442 g/mol. The summed E-state index contributed by atoms with van der Waals surface area (Å²) in [6.45, 7) is 1.63. The Morgan fingerprint density at radius 3 is 2.72 bits per heavy atom. The number of benzene rings is 1. The maximum absolute atomic E-state index is 13.1. The minimum Gasteiger partial charge on any atom is -0.443 e. The van der Waals surface area contributed by atoms with Crippen LogP contribution >= 0.6 is 0 Å². The van der Waals surface area contributed by atoms with Crippen molar-refractivity contribution in [2.45, 2.75) is 44.8 Å². The first kappa shape index (κ1) is 21.9. The highest BCUT2D eigenvalue weighted by Gasteiger charge is 2.43. The molecule has 3 heterocycles. The Kier molecular flexibility index (Phi) is 6.50. The lowest BCUT2D eigenvalue weighted by molar-refractivity contribution is -0.166. The van der Waals surface area contributed by atoms with Crippen molar-refractivity contribution in [3.05, 3.63) is 34.9 Å². The molecule has 170 valence electrons. The highest BCUT2D eigenvalue weighted by molar-refractivity contribution is 6.05. The fourth-order valence-electron chi connectivity index (χ4n) is 4.47. The molecule has 0 spiro atoms. The van der Waals surface area contributed by atoms with Crippen LogP contribution in [0, 0.1) is 5.92 Å². The zero-order valence-electron chi connectivity index (χ0n) is 17.7. The van der Waals surface area contributed by atoms with Gasteiger partial charge in [-0.05, 0) is 49.5 Å². The number of carbonyl (C=O) groups excluding carboxylic acids is 5. The fourth-order valence-corrected chi connectivity index (χ4v) is 4.47. The van der Waals surface area contributed by atoms with Gasteiger partial charge in [0, 0.05) is 25.1 Å². The van der Waals surface area contributed by atoms with E-state index in [1.54, 1.807) is 12.1 Å². The van der Waals surface area contributed by atoms with Crippen LogP contribution in [-0.4, -0.2) is 65.8 Å². The summed E-state index contributed by atoms with van der Waals surface area (Å²) in [4.78, 5) is 63.6. The summed E-state index contributed by atoms with van der Waals surface area (Å²) in [5.41, 5.74) is 2.13. The molecule has 4 amide bonds. The summed E-state index contributed by atoms with van der Waals surface area (Å²) in [6.07, 6.45) is 2.25. The van der Waals surface area contributed by atoms with Gasteiger partial charge in [0.1, 0.15) is 6.04 Å². The average Bonchev–Trinajstić information content (AvgIpc) is 3.13. The SMILES string of the molecule is O=CNCc1ccc2c(c1)CN(C1CCC(=O)N(COC(=O)C3CCNCC3)C1=O)C2=O. The minimum absolute atomic E-state index is 0.0932. The third-order valence-electron chi connectivity index (χ3n) is 6.26. The second-order valence-electron chi connectivity index (χ2n) is 8.25. The second-order valence-corrected chi connectivity index (χ2v) is 8.25. The zero-order valence-corrected chi connectivity index (χ0v) is 17.7. The minimum atomic E-state index is -0.790. The number of esters is 1. The van der Waals surface area contributed by atoms with Crippen LogP contribution in [0.2, 0.25) is 0 Å². The highest BCUT2D eigenvalue weighted by atomic mass is 16.5. The number of hydrogen-bond acceptors (Lipinski definition) is 7. The Morgan fingerprint density at radius 2 is 1.97 bits per heavy atom. The van der Waals surface area contributed by atoms with Crippen LogP contribution in [0.4, 0.5) is 0 Å². The van der Waals surface area contributed by atoms with E-state index in [4.69, 9.17) is 4.74 Å². The van der Waals surface area contributed by atoms with Crippen molar-refractivity contribution < 1.29 is 28.7 Å². The molecule has 32 heavy (non-hydrogen) atoms. The summed E-state index contributed by atoms with van der Waals surface area (Å²) in [5.74, 6) is -1.84. The van der Waals surface area contributed by atoms with Crippen LogP contribution in [-0.2, 0) is 37.0 Å². The second kappa shape index (κ2) is 9.47. The summed E-state index contributed by atoms with van der Waals surface area (Å²) < 4.78 is 5.29. The number of nitrogens with zero attached hydrogens (tertiary/aromatic N) is 2. The van der Waals surface area contributed by atoms with E-state index in [-0.39, 0.29) is 31.2 Å². The van der Waals surface area contributed by atoms with Crippen LogP contribution in [0.25, 0.3) is 0 Å². The molecule has 2 fully saturated rings. The van der Waals surface area contributed by atoms with Gasteiger partial charge in [-0.25, -0.2) is 4.90 Å². The number of amides is 4. The number of rotatable bonds is 7. The van der Waals surface area contributed by atoms with Gasteiger partial charge in [-0.2, -0.15) is 0 Å². The molecule has 0 bridgehead atoms. The van der Waals surface area contributed by atoms with Gasteiger partial charge in [-0.15, -0.1) is 0 Å². The molecular weight excluding hydrogens is 416 g/mol. The highest BCUT2D eigenvalue weighted by Crippen LogP contribution is 2.30. The van der Waals surface area contributed by atoms with E-state index in [1.807, 2.05) is 6.07 Å². The summed E-state index contributed by atoms with van der Waals surface area (Å²) in [5, 5.41) is 5.75. The molecule has 0 aliphatic carbocycles. The average molecular weight is 442 g/mol. The van der Waals surface area contributed by atoms with Crippen molar-refractivity contribution >= 4 is 30.1 Å². The molecule has 3 aliphatic heterocycles. The van der Waals surface area contributed by atoms with Gasteiger partial charge < -0.3 is 20.3 Å². The predicted molar refractivity (Wildman–Crippen MR) is 111 cm³/mol. The Balaban J connectivity index is 1.41. The normalized spacial score (nSPS) is 21.5. The van der Waals surface area contributed by atoms with E-state index in [2.05, 4.69) is 10.6 Å². The van der Waals surface area contributed by atoms with Gasteiger partial charge in [-0.1, -0.05) is 12.1 Å². The molecule has 0 saturated carbocycles. The molecule has 1 atom stereocenters. The lowest BCUT2D eigenvalue weighted by Gasteiger charge is -2.35. The summed E-state index contributed by atoms with van der Waals surface area (Å²) in [6, 6.07) is 4.49. The molecule has 4 rings (SSSR count). The number of hydrogen-bond donors (Lipinski definition) is 2. The van der Waals surface area contributed by atoms with Crippen molar-refractivity contribution in [1.29, 1.82) is 0 Å². The van der Waals surface area contributed by atoms with E-state index >= 15 is 0 Å². The lowest BCUT2D eigenvalue weighted by atomic mass is 9.99. The molecule has 0 radical (unpaired) electrons. The third-order valence-corrected chi connectivity index (χ3v) is 6.26. The third kappa shape index (κ3) is 4.36. The van der Waals surface area contributed by atoms with E-state index in [0.29, 0.717) is 31.4 Å². The summed E-state index contributed by atoms with van der Waals surface area (Å²) >= 11 is 0. The number of nitrogens with one attached hydrogen (secondary N) is 2. The van der Waals surface area contributed by atoms with Gasteiger partial charge in [0.2, 0.25) is 12.3 Å². The standard InChI is InChI=1S/C22H26N4O6/c27-12-24-10-14-1-2-17-16(9-14)11-25(20(17)29)18-3-4-19(28)26(21(18)30)13-32-22(31)15-5-7-23-8-6-15/h1-2,9,12,15,18,23H,3-8,10-11,13H2,(H,24,27). The number of piperidine rings is 2. The fraction of sp³-hybridized carbons (Fsp3) is 0.500. The van der Waals surface area contributed by atoms with E-state index in [9.17, 15) is 24.0 Å². The Hall–Kier alpha value is -3.27. The maximum atomic E-state index is 13.1. The lowest BCUT2D eigenvalue weighted by Crippen LogP contribution is -2.55. The topological polar surface area (TPSA) is 125 Å². The molecule has 10 nitrogen and oxygen atoms in total. The number of carbonyl (C=O) groups is 5. The van der Waals surface area contributed by atoms with Gasteiger partial charge >= 0.3 is 5.97 Å². The zero-order chi connectivity index (χ0) is 22.7. The van der Waals surface area contributed by atoms with Gasteiger partial charge in [0.05, 0.1) is 5.92 Å². The predicted octanol–water partition coefficient (Wildman–Crippen LogP) is -0.0937. The maximum Gasteiger partial charge on any atom is 0.310 e. The van der Waals surface area contributed by atoms with Crippen molar-refractivity contribution in [3.63, 3.8) is 0 Å². The van der Waals surface area contributed by atoms with E-state index in [0.717, 1.165) is 29.1 Å². The molecular formula is C22H26N4O6. The van der Waals surface area contributed by atoms with Gasteiger partial charge in [0.15, 0.2) is 6.73 Å². The first-order chi connectivity index (χ1) is 15.5. The number of ether oxygens (including phenoxy) is 1. The first-order valence-corrected chi connectivity index (χ1v) is 10.8. The van der Waals surface area contributed by atoms with Gasteiger partial charge in [0.25, 0.3) is 11.8 Å². The number of fused-ring (bicyclic) bond motifs is 1. The molecule has 3 aliphatic rings. The van der Waals surface area contributed by atoms with Crippen LogP contribution in [0.3, 0.4) is 0 Å². The van der Waals surface area contributed by atoms with Crippen LogP contribution in [0.1, 0.15) is 47.2 Å². The Labute approximate surface area is 185 Å². The van der Waals surface area contributed by atoms with E-state index < -0.39 is 30.6 Å². The Morgan fingerprint density at radius 1 is 1.19 bits per heavy atom. The van der Waals surface area contributed by atoms with Crippen LogP contribution in [0.15, 0.2) is 18.2 Å². The number of imide groups is 1. The largest absolute Gasteiger partial charge is 0.443 e. The number of likely N-dealkylation sites (tertiary alicyclic amines) is 1. The van der Waals surface area contributed by atoms with Crippen molar-refractivity contribution in [2.75, 3.05) is 19.8 Å².